The Morgan fingerprint density at radius 1 is 1.00 bits per heavy atom. The minimum absolute atomic E-state index is 0.0661. The standard InChI is InChI=1S/C22H17F3N2O6/c1-12(28)27(14-7-5-4-6-8-14)21(31)18-19(32-13(2)29)16-11-15(33-22(23,24)25)9-10-17(16)26(3)20(18)30/h4-11H,1-3H3. The third kappa shape index (κ3) is 4.86. The lowest BCUT2D eigenvalue weighted by Crippen LogP contribution is -2.40. The number of aromatic nitrogens is 1. The Kier molecular flexibility index (Phi) is 6.25. The molecule has 0 unspecified atom stereocenters. The van der Waals surface area contributed by atoms with E-state index in [1.165, 1.54) is 19.2 Å². The average Bonchev–Trinajstić information content (AvgIpc) is 2.71. The molecule has 0 aliphatic heterocycles. The molecular weight excluding hydrogens is 445 g/mol. The summed E-state index contributed by atoms with van der Waals surface area (Å²) >= 11 is 0. The molecule has 11 heteroatoms. The van der Waals surface area contributed by atoms with Crippen LogP contribution in [0.3, 0.4) is 0 Å². The smallest absolute Gasteiger partial charge is 0.425 e. The molecule has 0 N–H and O–H groups in total. The molecule has 2 amide bonds. The van der Waals surface area contributed by atoms with Crippen molar-refractivity contribution in [1.29, 1.82) is 0 Å². The number of rotatable bonds is 4. The molecule has 0 saturated heterocycles. The highest BCUT2D eigenvalue weighted by molar-refractivity contribution is 6.22. The van der Waals surface area contributed by atoms with Crippen molar-refractivity contribution in [3.05, 3.63) is 64.4 Å². The molecule has 0 aliphatic carbocycles. The van der Waals surface area contributed by atoms with E-state index in [4.69, 9.17) is 4.74 Å². The summed E-state index contributed by atoms with van der Waals surface area (Å²) in [6, 6.07) is 10.7. The van der Waals surface area contributed by atoms with Gasteiger partial charge in [-0.1, -0.05) is 18.2 Å². The van der Waals surface area contributed by atoms with E-state index in [2.05, 4.69) is 4.74 Å². The Bertz CT molecular complexity index is 1320. The van der Waals surface area contributed by atoms with E-state index in [1.54, 1.807) is 18.2 Å². The third-order valence-corrected chi connectivity index (χ3v) is 4.55. The van der Waals surface area contributed by atoms with Gasteiger partial charge in [0.2, 0.25) is 5.91 Å². The van der Waals surface area contributed by atoms with Gasteiger partial charge in [-0.15, -0.1) is 13.2 Å². The van der Waals surface area contributed by atoms with E-state index >= 15 is 0 Å². The molecule has 172 valence electrons. The van der Waals surface area contributed by atoms with E-state index < -0.39 is 46.8 Å². The first-order chi connectivity index (χ1) is 15.4. The lowest BCUT2D eigenvalue weighted by molar-refractivity contribution is -0.274. The predicted octanol–water partition coefficient (Wildman–Crippen LogP) is 3.56. The van der Waals surface area contributed by atoms with Crippen molar-refractivity contribution in [1.82, 2.24) is 4.57 Å². The fourth-order valence-electron chi connectivity index (χ4n) is 3.26. The fourth-order valence-corrected chi connectivity index (χ4v) is 3.26. The number of benzene rings is 2. The number of aryl methyl sites for hydroxylation is 1. The molecule has 8 nitrogen and oxygen atoms in total. The van der Waals surface area contributed by atoms with Gasteiger partial charge in [0, 0.05) is 26.3 Å². The first-order valence-corrected chi connectivity index (χ1v) is 9.41. The SMILES string of the molecule is CC(=O)Oc1c(C(=O)N(C(C)=O)c2ccccc2)c(=O)n(C)c2ccc(OC(F)(F)F)cc12. The van der Waals surface area contributed by atoms with Crippen molar-refractivity contribution >= 4 is 34.4 Å². The van der Waals surface area contributed by atoms with Crippen LogP contribution in [0.1, 0.15) is 24.2 Å². The summed E-state index contributed by atoms with van der Waals surface area (Å²) in [5, 5.41) is -0.172. The van der Waals surface area contributed by atoms with Crippen LogP contribution in [0.15, 0.2) is 53.3 Å². The monoisotopic (exact) mass is 462 g/mol. The summed E-state index contributed by atoms with van der Waals surface area (Å²) in [6.07, 6.45) is -5.01. The van der Waals surface area contributed by atoms with Crippen molar-refractivity contribution in [2.24, 2.45) is 7.05 Å². The van der Waals surface area contributed by atoms with Crippen LogP contribution in [0, 0.1) is 0 Å². The zero-order valence-electron chi connectivity index (χ0n) is 17.6. The maximum absolute atomic E-state index is 13.4. The number of pyridine rings is 1. The molecule has 0 bridgehead atoms. The van der Waals surface area contributed by atoms with E-state index in [-0.39, 0.29) is 16.6 Å². The number of alkyl halides is 3. The molecule has 0 aliphatic rings. The number of imide groups is 1. The molecule has 1 aromatic heterocycles. The van der Waals surface area contributed by atoms with Gasteiger partial charge in [-0.3, -0.25) is 19.2 Å². The van der Waals surface area contributed by atoms with E-state index in [1.807, 2.05) is 0 Å². The summed E-state index contributed by atoms with van der Waals surface area (Å²) in [4.78, 5) is 51.3. The van der Waals surface area contributed by atoms with Crippen molar-refractivity contribution in [2.45, 2.75) is 20.2 Å². The van der Waals surface area contributed by atoms with Gasteiger partial charge in [-0.25, -0.2) is 4.90 Å². The number of carbonyl (C=O) groups is 3. The Labute approximate surface area is 184 Å². The first-order valence-electron chi connectivity index (χ1n) is 9.41. The molecular formula is C22H17F3N2O6. The maximum Gasteiger partial charge on any atom is 0.573 e. The number of hydrogen-bond donors (Lipinski definition) is 0. The molecule has 0 fully saturated rings. The van der Waals surface area contributed by atoms with Crippen LogP contribution in [0.2, 0.25) is 0 Å². The highest BCUT2D eigenvalue weighted by Gasteiger charge is 2.33. The van der Waals surface area contributed by atoms with E-state index in [0.29, 0.717) is 4.90 Å². The molecule has 0 saturated carbocycles. The zero-order valence-corrected chi connectivity index (χ0v) is 17.6. The van der Waals surface area contributed by atoms with Crippen LogP contribution >= 0.6 is 0 Å². The minimum Gasteiger partial charge on any atom is -0.425 e. The normalized spacial score (nSPS) is 11.2. The second-order valence-corrected chi connectivity index (χ2v) is 6.88. The van der Waals surface area contributed by atoms with E-state index in [0.717, 1.165) is 36.6 Å². The highest BCUT2D eigenvalue weighted by Crippen LogP contribution is 2.34. The Morgan fingerprint density at radius 3 is 2.18 bits per heavy atom. The molecule has 1 heterocycles. The molecule has 3 aromatic rings. The molecule has 0 radical (unpaired) electrons. The van der Waals surface area contributed by atoms with Crippen LogP contribution in [0.5, 0.6) is 11.5 Å². The highest BCUT2D eigenvalue weighted by atomic mass is 19.4. The van der Waals surface area contributed by atoms with Crippen molar-refractivity contribution in [3.63, 3.8) is 0 Å². The molecule has 0 spiro atoms. The topological polar surface area (TPSA) is 94.9 Å². The van der Waals surface area contributed by atoms with Crippen LogP contribution in [0.25, 0.3) is 10.9 Å². The van der Waals surface area contributed by atoms with Crippen LogP contribution in [0.4, 0.5) is 18.9 Å². The first kappa shape index (κ1) is 23.5. The Balaban J connectivity index is 2.34. The summed E-state index contributed by atoms with van der Waals surface area (Å²) in [7, 11) is 1.28. The van der Waals surface area contributed by atoms with Crippen LogP contribution < -0.4 is 19.9 Å². The number of fused-ring (bicyclic) bond motifs is 1. The summed E-state index contributed by atoms with van der Waals surface area (Å²) in [5.74, 6) is -4.03. The number of anilines is 1. The second kappa shape index (κ2) is 8.77. The number of carbonyl (C=O) groups excluding carboxylic acids is 3. The lowest BCUT2D eigenvalue weighted by Gasteiger charge is -2.22. The third-order valence-electron chi connectivity index (χ3n) is 4.55. The number of esters is 1. The molecule has 0 atom stereocenters. The number of para-hydroxylation sites is 1. The molecule has 33 heavy (non-hydrogen) atoms. The van der Waals surface area contributed by atoms with Crippen molar-refractivity contribution in [2.75, 3.05) is 4.90 Å². The number of ether oxygens (including phenoxy) is 2. The van der Waals surface area contributed by atoms with Gasteiger partial charge in [0.05, 0.1) is 11.2 Å². The predicted molar refractivity (Wildman–Crippen MR) is 111 cm³/mol. The van der Waals surface area contributed by atoms with Crippen molar-refractivity contribution in [3.8, 4) is 11.5 Å². The molecule has 2 aromatic carbocycles. The van der Waals surface area contributed by atoms with Crippen molar-refractivity contribution < 1.29 is 37.0 Å². The second-order valence-electron chi connectivity index (χ2n) is 6.88. The molecule has 3 rings (SSSR count). The zero-order chi connectivity index (χ0) is 24.5. The number of nitrogens with zero attached hydrogens (tertiary/aromatic N) is 2. The fraction of sp³-hybridized carbons (Fsp3) is 0.182. The van der Waals surface area contributed by atoms with Gasteiger partial charge >= 0.3 is 12.3 Å². The quantitative estimate of drug-likeness (QED) is 0.551. The van der Waals surface area contributed by atoms with E-state index in [9.17, 15) is 32.3 Å². The summed E-state index contributed by atoms with van der Waals surface area (Å²) < 4.78 is 48.2. The van der Waals surface area contributed by atoms with Crippen LogP contribution in [-0.2, 0) is 16.6 Å². The van der Waals surface area contributed by atoms with Gasteiger partial charge in [0.25, 0.3) is 11.5 Å². The number of halogens is 3. The Morgan fingerprint density at radius 2 is 1.64 bits per heavy atom. The van der Waals surface area contributed by atoms with Crippen LogP contribution in [-0.4, -0.2) is 28.7 Å². The minimum atomic E-state index is -5.01. The van der Waals surface area contributed by atoms with Gasteiger partial charge in [0.1, 0.15) is 11.3 Å². The maximum atomic E-state index is 13.4. The van der Waals surface area contributed by atoms with Gasteiger partial charge in [0.15, 0.2) is 5.75 Å². The largest absolute Gasteiger partial charge is 0.573 e. The van der Waals surface area contributed by atoms with Gasteiger partial charge < -0.3 is 14.0 Å². The van der Waals surface area contributed by atoms with Gasteiger partial charge in [-0.2, -0.15) is 0 Å². The lowest BCUT2D eigenvalue weighted by atomic mass is 10.1. The number of hydrogen-bond acceptors (Lipinski definition) is 6. The van der Waals surface area contributed by atoms with Gasteiger partial charge in [-0.05, 0) is 30.3 Å². The summed E-state index contributed by atoms with van der Waals surface area (Å²) in [5.41, 5.74) is -1.42. The summed E-state index contributed by atoms with van der Waals surface area (Å²) in [6.45, 7) is 2.09. The number of amides is 2. The average molecular weight is 462 g/mol. The Hall–Kier alpha value is -4.15.